The minimum Gasteiger partial charge on any atom is -0.406 e. The first-order valence-corrected chi connectivity index (χ1v) is 8.89. The highest BCUT2D eigenvalue weighted by atomic mass is 79.9. The van der Waals surface area contributed by atoms with Crippen molar-refractivity contribution in [1.82, 2.24) is 10.2 Å². The van der Waals surface area contributed by atoms with Gasteiger partial charge in [0.05, 0.1) is 10.5 Å². The van der Waals surface area contributed by atoms with Crippen molar-refractivity contribution in [3.8, 4) is 5.75 Å². The molecule has 0 radical (unpaired) electrons. The maximum Gasteiger partial charge on any atom is 0.573 e. The van der Waals surface area contributed by atoms with Crippen molar-refractivity contribution in [1.29, 1.82) is 0 Å². The van der Waals surface area contributed by atoms with Crippen molar-refractivity contribution in [2.45, 2.75) is 12.4 Å². The summed E-state index contributed by atoms with van der Waals surface area (Å²) in [6.45, 7) is 3.07. The third-order valence-corrected chi connectivity index (χ3v) is 5.06. The minimum absolute atomic E-state index is 0.276. The molecule has 1 saturated heterocycles. The molecule has 2 aromatic carbocycles. The third-order valence-electron chi connectivity index (χ3n) is 4.22. The van der Waals surface area contributed by atoms with E-state index >= 15 is 0 Å². The van der Waals surface area contributed by atoms with E-state index in [0.29, 0.717) is 4.47 Å². The highest BCUT2D eigenvalue weighted by molar-refractivity contribution is 9.10. The molecule has 1 atom stereocenters. The molecule has 0 bridgehead atoms. The molecule has 1 N–H and O–H groups in total. The van der Waals surface area contributed by atoms with Gasteiger partial charge < -0.3 is 10.1 Å². The summed E-state index contributed by atoms with van der Waals surface area (Å²) in [4.78, 5) is 2.18. The highest BCUT2D eigenvalue weighted by Gasteiger charge is 2.31. The van der Waals surface area contributed by atoms with Crippen molar-refractivity contribution in [3.05, 3.63) is 63.9 Å². The monoisotopic (exact) mass is 432 g/mol. The number of nitrogens with zero attached hydrogens (tertiary/aromatic N) is 1. The van der Waals surface area contributed by atoms with E-state index in [9.17, 15) is 17.6 Å². The van der Waals surface area contributed by atoms with Crippen LogP contribution < -0.4 is 10.1 Å². The maximum atomic E-state index is 14.0. The summed E-state index contributed by atoms with van der Waals surface area (Å²) in [5, 5.41) is 3.26. The molecule has 1 aliphatic rings. The Balaban J connectivity index is 1.96. The van der Waals surface area contributed by atoms with Gasteiger partial charge in [-0.15, -0.1) is 13.2 Å². The zero-order chi connectivity index (χ0) is 18.7. The molecule has 0 aromatic heterocycles. The number of benzene rings is 2. The van der Waals surface area contributed by atoms with E-state index in [4.69, 9.17) is 0 Å². The minimum atomic E-state index is -4.73. The SMILES string of the molecule is Fc1cccc([C@@H](c2ccc(OC(F)(F)F)cc2)N2CCNCC2)c1Br. The predicted octanol–water partition coefficient (Wildman–Crippen LogP) is 4.48. The topological polar surface area (TPSA) is 24.5 Å². The molecule has 1 heterocycles. The van der Waals surface area contributed by atoms with Gasteiger partial charge in [0.15, 0.2) is 0 Å². The zero-order valence-electron chi connectivity index (χ0n) is 13.7. The molecule has 0 saturated carbocycles. The van der Waals surface area contributed by atoms with Gasteiger partial charge in [-0.3, -0.25) is 4.90 Å². The molecule has 0 aliphatic carbocycles. The maximum absolute atomic E-state index is 14.0. The van der Waals surface area contributed by atoms with Crippen molar-refractivity contribution >= 4 is 15.9 Å². The van der Waals surface area contributed by atoms with E-state index in [2.05, 4.69) is 30.9 Å². The second-order valence-electron chi connectivity index (χ2n) is 5.95. The molecule has 140 valence electrons. The molecule has 1 fully saturated rings. The van der Waals surface area contributed by atoms with Crippen LogP contribution in [0.15, 0.2) is 46.9 Å². The second kappa shape index (κ2) is 7.94. The van der Waals surface area contributed by atoms with Crippen molar-refractivity contribution in [2.75, 3.05) is 26.2 Å². The molecule has 0 amide bonds. The molecule has 3 nitrogen and oxygen atoms in total. The Bertz CT molecular complexity index is 746. The number of ether oxygens (including phenoxy) is 1. The molecule has 8 heteroatoms. The van der Waals surface area contributed by atoms with Gasteiger partial charge in [-0.2, -0.15) is 0 Å². The fourth-order valence-corrected chi connectivity index (χ4v) is 3.59. The molecular weight excluding hydrogens is 416 g/mol. The summed E-state index contributed by atoms with van der Waals surface area (Å²) in [6, 6.07) is 10.3. The largest absolute Gasteiger partial charge is 0.573 e. The van der Waals surface area contributed by atoms with E-state index < -0.39 is 6.36 Å². The normalized spacial score (nSPS) is 17.1. The summed E-state index contributed by atoms with van der Waals surface area (Å²) < 4.78 is 55.5. The Morgan fingerprint density at radius 1 is 1.04 bits per heavy atom. The molecule has 0 unspecified atom stereocenters. The van der Waals surface area contributed by atoms with Gasteiger partial charge in [0.1, 0.15) is 11.6 Å². The fourth-order valence-electron chi connectivity index (χ4n) is 3.11. The summed E-state index contributed by atoms with van der Waals surface area (Å²) in [5.41, 5.74) is 1.50. The number of alkyl halides is 3. The number of nitrogens with one attached hydrogen (secondary N) is 1. The molecule has 2 aromatic rings. The summed E-state index contributed by atoms with van der Waals surface area (Å²) >= 11 is 3.31. The summed E-state index contributed by atoms with van der Waals surface area (Å²) in [7, 11) is 0. The molecule has 3 rings (SSSR count). The molecule has 0 spiro atoms. The first-order chi connectivity index (χ1) is 12.3. The number of piperazine rings is 1. The van der Waals surface area contributed by atoms with Crippen LogP contribution >= 0.6 is 15.9 Å². The first kappa shape index (κ1) is 19.1. The van der Waals surface area contributed by atoms with Crippen LogP contribution in [0.2, 0.25) is 0 Å². The smallest absolute Gasteiger partial charge is 0.406 e. The van der Waals surface area contributed by atoms with Crippen LogP contribution in [-0.4, -0.2) is 37.4 Å². The lowest BCUT2D eigenvalue weighted by molar-refractivity contribution is -0.274. The van der Waals surface area contributed by atoms with E-state index in [1.165, 1.54) is 18.2 Å². The standard InChI is InChI=1S/C18H17BrF4N2O/c19-16-14(2-1-3-15(16)20)17(25-10-8-24-9-11-25)12-4-6-13(7-5-12)26-18(21,22)23/h1-7,17,24H,8-11H2/t17-/m1/s1. The Kier molecular flexibility index (Phi) is 5.84. The van der Waals surface area contributed by atoms with Crippen LogP contribution in [0.1, 0.15) is 17.2 Å². The average molecular weight is 433 g/mol. The quantitative estimate of drug-likeness (QED) is 0.720. The van der Waals surface area contributed by atoms with Crippen molar-refractivity contribution in [2.24, 2.45) is 0 Å². The van der Waals surface area contributed by atoms with E-state index in [1.807, 2.05) is 6.07 Å². The Hall–Kier alpha value is -1.64. The highest BCUT2D eigenvalue weighted by Crippen LogP contribution is 2.36. The van der Waals surface area contributed by atoms with Gasteiger partial charge in [-0.1, -0.05) is 24.3 Å². The van der Waals surface area contributed by atoms with Crippen LogP contribution in [0.3, 0.4) is 0 Å². The van der Waals surface area contributed by atoms with Gasteiger partial charge in [0.25, 0.3) is 0 Å². The number of hydrogen-bond acceptors (Lipinski definition) is 3. The predicted molar refractivity (Wildman–Crippen MR) is 93.5 cm³/mol. The molecular formula is C18H17BrF4N2O. The third kappa shape index (κ3) is 4.55. The van der Waals surface area contributed by atoms with E-state index in [1.54, 1.807) is 18.2 Å². The lowest BCUT2D eigenvalue weighted by Crippen LogP contribution is -2.45. The Morgan fingerprint density at radius 3 is 2.31 bits per heavy atom. The van der Waals surface area contributed by atoms with E-state index in [0.717, 1.165) is 37.3 Å². The zero-order valence-corrected chi connectivity index (χ0v) is 15.3. The number of rotatable bonds is 4. The van der Waals surface area contributed by atoms with E-state index in [-0.39, 0.29) is 17.6 Å². The lowest BCUT2D eigenvalue weighted by Gasteiger charge is -2.36. The van der Waals surface area contributed by atoms with Crippen molar-refractivity contribution < 1.29 is 22.3 Å². The second-order valence-corrected chi connectivity index (χ2v) is 6.74. The van der Waals surface area contributed by atoms with Gasteiger partial charge in [-0.05, 0) is 45.3 Å². The van der Waals surface area contributed by atoms with Crippen LogP contribution in [0.4, 0.5) is 17.6 Å². The first-order valence-electron chi connectivity index (χ1n) is 8.09. The fraction of sp³-hybridized carbons (Fsp3) is 0.333. The molecule has 26 heavy (non-hydrogen) atoms. The van der Waals surface area contributed by atoms with Gasteiger partial charge in [0.2, 0.25) is 0 Å². The summed E-state index contributed by atoms with van der Waals surface area (Å²) in [5.74, 6) is -0.654. The van der Waals surface area contributed by atoms with Gasteiger partial charge >= 0.3 is 6.36 Å². The van der Waals surface area contributed by atoms with Gasteiger partial charge in [0, 0.05) is 26.2 Å². The Labute approximate surface area is 157 Å². The van der Waals surface area contributed by atoms with Crippen LogP contribution in [0, 0.1) is 5.82 Å². The van der Waals surface area contributed by atoms with Crippen LogP contribution in [0.25, 0.3) is 0 Å². The van der Waals surface area contributed by atoms with Crippen molar-refractivity contribution in [3.63, 3.8) is 0 Å². The van der Waals surface area contributed by atoms with Gasteiger partial charge in [-0.25, -0.2) is 4.39 Å². The lowest BCUT2D eigenvalue weighted by atomic mass is 9.96. The number of hydrogen-bond donors (Lipinski definition) is 1. The summed E-state index contributed by atoms with van der Waals surface area (Å²) in [6.07, 6.45) is -4.73. The van der Waals surface area contributed by atoms with Crippen LogP contribution in [0.5, 0.6) is 5.75 Å². The Morgan fingerprint density at radius 2 is 1.69 bits per heavy atom. The number of halogens is 5. The average Bonchev–Trinajstić information content (AvgIpc) is 2.60. The molecule has 1 aliphatic heterocycles. The van der Waals surface area contributed by atoms with Crippen LogP contribution in [-0.2, 0) is 0 Å².